The minimum atomic E-state index is -0.267. The van der Waals surface area contributed by atoms with Gasteiger partial charge in [0.25, 0.3) is 5.91 Å². The van der Waals surface area contributed by atoms with E-state index < -0.39 is 0 Å². The highest BCUT2D eigenvalue weighted by atomic mass is 32.1. The molecule has 3 aromatic rings. The van der Waals surface area contributed by atoms with Gasteiger partial charge < -0.3 is 10.2 Å². The Kier molecular flexibility index (Phi) is 5.02. The van der Waals surface area contributed by atoms with Crippen molar-refractivity contribution in [2.45, 2.75) is 0 Å². The molecule has 0 saturated heterocycles. The molecule has 122 valence electrons. The molecule has 0 aliphatic heterocycles. The highest BCUT2D eigenvalue weighted by Gasteiger charge is 2.16. The lowest BCUT2D eigenvalue weighted by atomic mass is 10.2. The Morgan fingerprint density at radius 2 is 1.92 bits per heavy atom. The molecule has 0 unspecified atom stereocenters. The maximum Gasteiger partial charge on any atom is 0.264 e. The first-order valence-electron chi connectivity index (χ1n) is 7.23. The van der Waals surface area contributed by atoms with Crippen LogP contribution in [0.4, 0.5) is 5.13 Å². The number of benzene rings is 1. The number of thiazole rings is 1. The molecule has 1 N–H and O–H groups in total. The lowest BCUT2D eigenvalue weighted by molar-refractivity contribution is -0.116. The zero-order valence-corrected chi connectivity index (χ0v) is 14.6. The van der Waals surface area contributed by atoms with Crippen LogP contribution in [0.2, 0.25) is 0 Å². The summed E-state index contributed by atoms with van der Waals surface area (Å²) in [7, 11) is 1.61. The largest absolute Gasteiger partial charge is 0.332 e. The van der Waals surface area contributed by atoms with Crippen LogP contribution < -0.4 is 5.32 Å². The molecule has 0 spiro atoms. The first-order valence-corrected chi connectivity index (χ1v) is 8.99. The maximum atomic E-state index is 12.1. The van der Waals surface area contributed by atoms with Crippen molar-refractivity contribution in [1.82, 2.24) is 9.88 Å². The van der Waals surface area contributed by atoms with Gasteiger partial charge in [-0.05, 0) is 11.4 Å². The average Bonchev–Trinajstić information content (AvgIpc) is 3.26. The van der Waals surface area contributed by atoms with Crippen LogP contribution in [0.3, 0.4) is 0 Å². The fraction of sp³-hybridized carbons (Fsp3) is 0.118. The molecule has 2 amide bonds. The second-order valence-corrected chi connectivity index (χ2v) is 6.90. The predicted octanol–water partition coefficient (Wildman–Crippen LogP) is 3.58. The molecular formula is C17H15N3O2S2. The number of amides is 2. The number of nitrogens with one attached hydrogen (secondary N) is 1. The Labute approximate surface area is 147 Å². The quantitative estimate of drug-likeness (QED) is 0.759. The highest BCUT2D eigenvalue weighted by molar-refractivity contribution is 7.14. The summed E-state index contributed by atoms with van der Waals surface area (Å²) in [5.74, 6) is -0.430. The molecule has 0 atom stereocenters. The monoisotopic (exact) mass is 357 g/mol. The molecule has 0 aliphatic rings. The molecule has 24 heavy (non-hydrogen) atoms. The zero-order valence-electron chi connectivity index (χ0n) is 12.9. The SMILES string of the molecule is CN(CC(=O)Nc1nc(-c2ccccc2)cs1)C(=O)c1cccs1. The third-order valence-corrected chi connectivity index (χ3v) is 4.90. The zero-order chi connectivity index (χ0) is 16.9. The Morgan fingerprint density at radius 3 is 2.62 bits per heavy atom. The number of hydrogen-bond donors (Lipinski definition) is 1. The van der Waals surface area contributed by atoms with Crippen LogP contribution in [0.25, 0.3) is 11.3 Å². The summed E-state index contributed by atoms with van der Waals surface area (Å²) in [6.45, 7) is -0.0169. The van der Waals surface area contributed by atoms with Crippen molar-refractivity contribution in [2.24, 2.45) is 0 Å². The van der Waals surface area contributed by atoms with Crippen LogP contribution in [-0.4, -0.2) is 35.3 Å². The maximum absolute atomic E-state index is 12.1. The second-order valence-electron chi connectivity index (χ2n) is 5.09. The number of nitrogens with zero attached hydrogens (tertiary/aromatic N) is 2. The van der Waals surface area contributed by atoms with E-state index >= 15 is 0 Å². The van der Waals surface area contributed by atoms with Crippen molar-refractivity contribution >= 4 is 39.6 Å². The van der Waals surface area contributed by atoms with Crippen molar-refractivity contribution < 1.29 is 9.59 Å². The van der Waals surface area contributed by atoms with Crippen molar-refractivity contribution in [3.05, 3.63) is 58.1 Å². The van der Waals surface area contributed by atoms with E-state index in [0.717, 1.165) is 11.3 Å². The number of likely N-dealkylation sites (N-methyl/N-ethyl adjacent to an activating group) is 1. The number of rotatable bonds is 5. The number of anilines is 1. The van der Waals surface area contributed by atoms with Crippen molar-refractivity contribution in [3.63, 3.8) is 0 Å². The third-order valence-electron chi connectivity index (χ3n) is 3.28. The number of aromatic nitrogens is 1. The topological polar surface area (TPSA) is 62.3 Å². The number of hydrogen-bond acceptors (Lipinski definition) is 5. The van der Waals surface area contributed by atoms with Crippen LogP contribution in [0, 0.1) is 0 Å². The van der Waals surface area contributed by atoms with E-state index in [-0.39, 0.29) is 18.4 Å². The van der Waals surface area contributed by atoms with Gasteiger partial charge in [0.1, 0.15) is 0 Å². The van der Waals surface area contributed by atoms with Crippen LogP contribution in [-0.2, 0) is 4.79 Å². The number of carbonyl (C=O) groups is 2. The molecule has 0 radical (unpaired) electrons. The van der Waals surface area contributed by atoms with Crippen LogP contribution in [0.1, 0.15) is 9.67 Å². The van der Waals surface area contributed by atoms with Gasteiger partial charge in [-0.25, -0.2) is 4.98 Å². The third kappa shape index (κ3) is 3.87. The minimum absolute atomic E-state index is 0.0169. The van der Waals surface area contributed by atoms with Gasteiger partial charge in [0.05, 0.1) is 17.1 Å². The summed E-state index contributed by atoms with van der Waals surface area (Å²) in [5.41, 5.74) is 1.82. The van der Waals surface area contributed by atoms with Gasteiger partial charge in [0.15, 0.2) is 5.13 Å². The van der Waals surface area contributed by atoms with E-state index in [1.807, 2.05) is 47.2 Å². The summed E-state index contributed by atoms with van der Waals surface area (Å²) in [5, 5.41) is 6.99. The molecule has 7 heteroatoms. The molecule has 2 aromatic heterocycles. The molecule has 0 saturated carbocycles. The van der Waals surface area contributed by atoms with Gasteiger partial charge in [-0.1, -0.05) is 36.4 Å². The average molecular weight is 357 g/mol. The van der Waals surface area contributed by atoms with Gasteiger partial charge in [-0.2, -0.15) is 0 Å². The van der Waals surface area contributed by atoms with Crippen LogP contribution in [0.5, 0.6) is 0 Å². The van der Waals surface area contributed by atoms with E-state index in [1.54, 1.807) is 13.1 Å². The smallest absolute Gasteiger partial charge is 0.264 e. The molecule has 2 heterocycles. The molecule has 0 aliphatic carbocycles. The van der Waals surface area contributed by atoms with E-state index in [1.165, 1.54) is 27.6 Å². The summed E-state index contributed by atoms with van der Waals surface area (Å²) < 4.78 is 0. The van der Waals surface area contributed by atoms with Crippen molar-refractivity contribution in [2.75, 3.05) is 18.9 Å². The Morgan fingerprint density at radius 1 is 1.12 bits per heavy atom. The highest BCUT2D eigenvalue weighted by Crippen LogP contribution is 2.24. The molecule has 0 fully saturated rings. The fourth-order valence-corrected chi connectivity index (χ4v) is 3.56. The summed E-state index contributed by atoms with van der Waals surface area (Å²) in [4.78, 5) is 30.7. The Bertz CT molecular complexity index is 829. The van der Waals surface area contributed by atoms with Gasteiger partial charge in [-0.15, -0.1) is 22.7 Å². The second kappa shape index (κ2) is 7.37. The van der Waals surface area contributed by atoms with Gasteiger partial charge in [0.2, 0.25) is 5.91 Å². The standard InChI is InChI=1S/C17H15N3O2S2/c1-20(16(22)14-8-5-9-23-14)10-15(21)19-17-18-13(11-24-17)12-6-3-2-4-7-12/h2-9,11H,10H2,1H3,(H,18,19,21). The molecule has 3 rings (SSSR count). The Hall–Kier alpha value is -2.51. The molecule has 1 aromatic carbocycles. The molecular weight excluding hydrogens is 342 g/mol. The Balaban J connectivity index is 1.59. The van der Waals surface area contributed by atoms with Crippen molar-refractivity contribution in [3.8, 4) is 11.3 Å². The first-order chi connectivity index (χ1) is 11.6. The fourth-order valence-electron chi connectivity index (χ4n) is 2.11. The number of carbonyl (C=O) groups excluding carboxylic acids is 2. The first kappa shape index (κ1) is 16.4. The lowest BCUT2D eigenvalue weighted by Gasteiger charge is -2.15. The van der Waals surface area contributed by atoms with Gasteiger partial charge in [0, 0.05) is 18.0 Å². The predicted molar refractivity (Wildman–Crippen MR) is 97.5 cm³/mol. The van der Waals surface area contributed by atoms with E-state index in [9.17, 15) is 9.59 Å². The summed E-state index contributed by atoms with van der Waals surface area (Å²) in [6.07, 6.45) is 0. The van der Waals surface area contributed by atoms with E-state index in [2.05, 4.69) is 10.3 Å². The lowest BCUT2D eigenvalue weighted by Crippen LogP contribution is -2.34. The van der Waals surface area contributed by atoms with Gasteiger partial charge >= 0.3 is 0 Å². The van der Waals surface area contributed by atoms with E-state index in [0.29, 0.717) is 10.0 Å². The normalized spacial score (nSPS) is 10.4. The molecule has 0 bridgehead atoms. The summed E-state index contributed by atoms with van der Waals surface area (Å²) >= 11 is 2.72. The van der Waals surface area contributed by atoms with Crippen molar-refractivity contribution in [1.29, 1.82) is 0 Å². The summed E-state index contributed by atoms with van der Waals surface area (Å²) in [6, 6.07) is 13.3. The molecule has 5 nitrogen and oxygen atoms in total. The van der Waals surface area contributed by atoms with Gasteiger partial charge in [-0.3, -0.25) is 9.59 Å². The van der Waals surface area contributed by atoms with Crippen LogP contribution >= 0.6 is 22.7 Å². The number of thiophene rings is 1. The minimum Gasteiger partial charge on any atom is -0.332 e. The van der Waals surface area contributed by atoms with E-state index in [4.69, 9.17) is 0 Å². The van der Waals surface area contributed by atoms with Crippen LogP contribution in [0.15, 0.2) is 53.2 Å².